The number of ketones is 1. The molecule has 40 heavy (non-hydrogen) atoms. The Balaban J connectivity index is 1.35. The normalized spacial score (nSPS) is 16.1. The lowest BCUT2D eigenvalue weighted by Gasteiger charge is -2.22. The Bertz CT molecular complexity index is 1510. The number of imidazole rings is 1. The smallest absolute Gasteiger partial charge is 0.210 e. The monoisotopic (exact) mass is 548 g/mol. The molecule has 1 fully saturated rings. The molecule has 10 nitrogen and oxygen atoms in total. The van der Waals surface area contributed by atoms with Crippen LogP contribution in [0, 0.1) is 5.92 Å². The number of alkyl halides is 1. The van der Waals surface area contributed by atoms with Gasteiger partial charge in [-0.05, 0) is 31.9 Å². The minimum atomic E-state index is -0.303. The van der Waals surface area contributed by atoms with E-state index in [1.54, 1.807) is 24.5 Å². The van der Waals surface area contributed by atoms with Crippen LogP contribution >= 0.6 is 0 Å². The molecule has 5 rings (SSSR count). The predicted octanol–water partition coefficient (Wildman–Crippen LogP) is 4.82. The molecule has 0 bridgehead atoms. The van der Waals surface area contributed by atoms with Gasteiger partial charge in [0, 0.05) is 68.6 Å². The van der Waals surface area contributed by atoms with Gasteiger partial charge >= 0.3 is 0 Å². The molecule has 5 heterocycles. The number of hydrogen-bond donors (Lipinski definition) is 1. The van der Waals surface area contributed by atoms with E-state index in [-0.39, 0.29) is 24.3 Å². The summed E-state index contributed by atoms with van der Waals surface area (Å²) in [5.74, 6) is 2.96. The van der Waals surface area contributed by atoms with Gasteiger partial charge in [0.2, 0.25) is 5.95 Å². The van der Waals surface area contributed by atoms with Gasteiger partial charge in [0.15, 0.2) is 11.5 Å². The molecule has 11 heteroatoms. The fourth-order valence-corrected chi connectivity index (χ4v) is 5.19. The van der Waals surface area contributed by atoms with E-state index >= 15 is 0 Å². The zero-order valence-corrected chi connectivity index (χ0v) is 23.8. The third-order valence-corrected chi connectivity index (χ3v) is 7.16. The Morgan fingerprint density at radius 3 is 2.77 bits per heavy atom. The van der Waals surface area contributed by atoms with Crippen LogP contribution < -0.4 is 10.1 Å². The molecule has 1 atom stereocenters. The number of aromatic nitrogens is 6. The van der Waals surface area contributed by atoms with Crippen molar-refractivity contribution in [2.45, 2.75) is 52.5 Å². The Morgan fingerprint density at radius 1 is 1.20 bits per heavy atom. The maximum atomic E-state index is 12.8. The van der Waals surface area contributed by atoms with Crippen molar-refractivity contribution >= 4 is 28.7 Å². The summed E-state index contributed by atoms with van der Waals surface area (Å²) in [5, 5.41) is 8.29. The molecular weight excluding hydrogens is 511 g/mol. The number of fused-ring (bicyclic) bond motifs is 1. The van der Waals surface area contributed by atoms with Crippen LogP contribution in [-0.2, 0) is 30.2 Å². The number of nitrogens with one attached hydrogen (secondary N) is 1. The summed E-state index contributed by atoms with van der Waals surface area (Å²) in [5.41, 5.74) is 3.07. The number of aryl methyl sites for hydroxylation is 1. The van der Waals surface area contributed by atoms with E-state index in [0.717, 1.165) is 37.3 Å². The van der Waals surface area contributed by atoms with E-state index in [4.69, 9.17) is 9.84 Å². The Kier molecular flexibility index (Phi) is 7.84. The van der Waals surface area contributed by atoms with Crippen molar-refractivity contribution in [2.24, 2.45) is 13.0 Å². The zero-order chi connectivity index (χ0) is 28.4. The number of anilines is 2. The number of halogens is 1. The Hall–Kier alpha value is -3.86. The Labute approximate surface area is 233 Å². The summed E-state index contributed by atoms with van der Waals surface area (Å²) in [6, 6.07) is 7.47. The summed E-state index contributed by atoms with van der Waals surface area (Å²) in [6.45, 7) is 10.9. The molecule has 0 saturated carbocycles. The minimum Gasteiger partial charge on any atom is -0.456 e. The van der Waals surface area contributed by atoms with Crippen LogP contribution in [0.1, 0.15) is 45.5 Å². The summed E-state index contributed by atoms with van der Waals surface area (Å²) in [4.78, 5) is 27.1. The van der Waals surface area contributed by atoms with Gasteiger partial charge in [-0.25, -0.2) is 9.37 Å². The molecule has 1 N–H and O–H groups in total. The van der Waals surface area contributed by atoms with Gasteiger partial charge in [-0.2, -0.15) is 10.1 Å². The van der Waals surface area contributed by atoms with Gasteiger partial charge < -0.3 is 19.5 Å². The number of ether oxygens (including phenoxy) is 1. The first-order chi connectivity index (χ1) is 19.1. The second-order valence-corrected chi connectivity index (χ2v) is 11.6. The molecule has 1 aliphatic heterocycles. The van der Waals surface area contributed by atoms with E-state index < -0.39 is 0 Å². The van der Waals surface area contributed by atoms with Crippen LogP contribution in [0.15, 0.2) is 36.7 Å². The molecule has 0 aromatic carbocycles. The molecule has 4 aromatic heterocycles. The molecule has 0 spiro atoms. The van der Waals surface area contributed by atoms with Crippen LogP contribution in [-0.4, -0.2) is 66.3 Å². The second-order valence-electron chi connectivity index (χ2n) is 11.6. The first-order valence-corrected chi connectivity index (χ1v) is 13.7. The first-order valence-electron chi connectivity index (χ1n) is 13.7. The lowest BCUT2D eigenvalue weighted by Crippen LogP contribution is -2.26. The standard InChI is InChI=1S/C29H37FN8O2/c1-19(39)12-21-13-22(6-9-31-21)40-23-14-24-27(32-16-23)34-28(36(24)5)33-26-15-25(29(2,3)4)38(35-26)18-20-7-10-37(17-20)11-8-30/h6,9,13-16,20H,7-8,10-12,17-18H2,1-5H3,(H,32,33,34,35)/t20-/m1/s1. The van der Waals surface area contributed by atoms with Crippen LogP contribution in [0.25, 0.3) is 11.2 Å². The van der Waals surface area contributed by atoms with Crippen LogP contribution in [0.5, 0.6) is 11.5 Å². The summed E-state index contributed by atoms with van der Waals surface area (Å²) in [6.07, 6.45) is 4.56. The number of carbonyl (C=O) groups excluding carboxylic acids is 1. The number of Topliss-reactive ketones (excluding diaryl/α,β-unsaturated/α-hetero) is 1. The fraction of sp³-hybridized carbons (Fsp3) is 0.483. The largest absolute Gasteiger partial charge is 0.456 e. The number of hydrogen-bond acceptors (Lipinski definition) is 8. The lowest BCUT2D eigenvalue weighted by molar-refractivity contribution is -0.116. The van der Waals surface area contributed by atoms with E-state index in [2.05, 4.69) is 56.7 Å². The topological polar surface area (TPSA) is 103 Å². The summed E-state index contributed by atoms with van der Waals surface area (Å²) >= 11 is 0. The van der Waals surface area contributed by atoms with Crippen LogP contribution in [0.3, 0.4) is 0 Å². The molecule has 4 aromatic rings. The third kappa shape index (κ3) is 6.30. The number of likely N-dealkylation sites (tertiary alicyclic amines) is 1. The first kappa shape index (κ1) is 27.7. The number of rotatable bonds is 10. The summed E-state index contributed by atoms with van der Waals surface area (Å²) < 4.78 is 22.8. The fourth-order valence-electron chi connectivity index (χ4n) is 5.19. The molecule has 1 aliphatic rings. The molecular formula is C29H37FN8O2. The highest BCUT2D eigenvalue weighted by Gasteiger charge is 2.27. The van der Waals surface area contributed by atoms with Crippen molar-refractivity contribution in [3.63, 3.8) is 0 Å². The highest BCUT2D eigenvalue weighted by Crippen LogP contribution is 2.30. The predicted molar refractivity (Wildman–Crippen MR) is 152 cm³/mol. The molecule has 212 valence electrons. The average Bonchev–Trinajstić information content (AvgIpc) is 3.58. The van der Waals surface area contributed by atoms with Gasteiger partial charge in [-0.1, -0.05) is 20.8 Å². The molecule has 0 unspecified atom stereocenters. The van der Waals surface area contributed by atoms with Crippen LogP contribution in [0.2, 0.25) is 0 Å². The molecule has 0 aliphatic carbocycles. The number of nitrogens with zero attached hydrogens (tertiary/aromatic N) is 7. The van der Waals surface area contributed by atoms with E-state index in [9.17, 15) is 9.18 Å². The van der Waals surface area contributed by atoms with Crippen molar-refractivity contribution < 1.29 is 13.9 Å². The number of carbonyl (C=O) groups is 1. The minimum absolute atomic E-state index is 0.0425. The number of pyridine rings is 2. The van der Waals surface area contributed by atoms with Crippen molar-refractivity contribution in [2.75, 3.05) is 31.6 Å². The van der Waals surface area contributed by atoms with Gasteiger partial charge in [0.25, 0.3) is 0 Å². The Morgan fingerprint density at radius 2 is 2.02 bits per heavy atom. The van der Waals surface area contributed by atoms with Gasteiger partial charge in [-0.3, -0.25) is 14.5 Å². The quantitative estimate of drug-likeness (QED) is 0.301. The molecule has 1 saturated heterocycles. The maximum absolute atomic E-state index is 12.8. The van der Waals surface area contributed by atoms with Crippen LogP contribution in [0.4, 0.5) is 16.2 Å². The molecule has 0 radical (unpaired) electrons. The van der Waals surface area contributed by atoms with Crippen molar-refractivity contribution in [1.29, 1.82) is 0 Å². The van der Waals surface area contributed by atoms with Gasteiger partial charge in [-0.15, -0.1) is 0 Å². The zero-order valence-electron chi connectivity index (χ0n) is 23.8. The highest BCUT2D eigenvalue weighted by molar-refractivity contribution is 5.78. The second kappa shape index (κ2) is 11.3. The third-order valence-electron chi connectivity index (χ3n) is 7.16. The van der Waals surface area contributed by atoms with Crippen molar-refractivity contribution in [1.82, 2.24) is 34.2 Å². The van der Waals surface area contributed by atoms with Gasteiger partial charge in [0.1, 0.15) is 24.0 Å². The summed E-state index contributed by atoms with van der Waals surface area (Å²) in [7, 11) is 1.92. The van der Waals surface area contributed by atoms with Crippen molar-refractivity contribution in [3.8, 4) is 11.5 Å². The SMILES string of the molecule is CC(=O)Cc1cc(Oc2cnc3nc(Nc4cc(C(C)(C)C)n(C[C@@H]5CCN(CCF)C5)n4)n(C)c3c2)ccn1. The lowest BCUT2D eigenvalue weighted by atomic mass is 9.92. The van der Waals surface area contributed by atoms with Crippen molar-refractivity contribution in [3.05, 3.63) is 48.0 Å². The maximum Gasteiger partial charge on any atom is 0.210 e. The van der Waals surface area contributed by atoms with E-state index in [1.165, 1.54) is 6.92 Å². The van der Waals surface area contributed by atoms with Gasteiger partial charge in [0.05, 0.1) is 17.4 Å². The average molecular weight is 549 g/mol. The van der Waals surface area contributed by atoms with E-state index in [0.29, 0.717) is 47.1 Å². The molecule has 0 amide bonds. The van der Waals surface area contributed by atoms with E-state index in [1.807, 2.05) is 17.7 Å². The highest BCUT2D eigenvalue weighted by atomic mass is 19.1.